The third kappa shape index (κ3) is 5.08. The maximum absolute atomic E-state index is 2.82. The van der Waals surface area contributed by atoms with Crippen LogP contribution in [0.5, 0.6) is 0 Å². The van der Waals surface area contributed by atoms with Gasteiger partial charge in [-0.1, -0.05) is 18.4 Å². The lowest BCUT2D eigenvalue weighted by Gasteiger charge is -1.60. The molecule has 0 spiro atoms. The molecular formula is C8H10. The molecule has 0 atom stereocenters. The summed E-state index contributed by atoms with van der Waals surface area (Å²) in [6, 6.07) is 0. The monoisotopic (exact) mass is 106 g/mol. The minimum Gasteiger partial charge on any atom is -0.0661 e. The first kappa shape index (κ1) is 7.08. The van der Waals surface area contributed by atoms with Crippen molar-refractivity contribution in [1.82, 2.24) is 0 Å². The third-order valence-electron chi connectivity index (χ3n) is 0.595. The topological polar surface area (TPSA) is 0 Å². The van der Waals surface area contributed by atoms with E-state index in [1.165, 1.54) is 0 Å². The van der Waals surface area contributed by atoms with Crippen molar-refractivity contribution in [1.29, 1.82) is 0 Å². The Kier molecular flexibility index (Phi) is 5.38. The van der Waals surface area contributed by atoms with Crippen molar-refractivity contribution >= 4 is 0 Å². The van der Waals surface area contributed by atoms with Crippen LogP contribution in [0, 0.1) is 0 Å². The van der Waals surface area contributed by atoms with E-state index < -0.39 is 0 Å². The Morgan fingerprint density at radius 3 is 2.62 bits per heavy atom. The molecule has 0 aliphatic rings. The van der Waals surface area contributed by atoms with E-state index in [0.717, 1.165) is 6.42 Å². The van der Waals surface area contributed by atoms with Gasteiger partial charge >= 0.3 is 0 Å². The fourth-order valence-electron chi connectivity index (χ4n) is 0.267. The predicted molar refractivity (Wildman–Crippen MR) is 35.6 cm³/mol. The lowest BCUT2D eigenvalue weighted by atomic mass is 10.5. The summed E-state index contributed by atoms with van der Waals surface area (Å²) in [7, 11) is 0. The van der Waals surface area contributed by atoms with Gasteiger partial charge in [0.2, 0.25) is 0 Å². The second-order valence-electron chi connectivity index (χ2n) is 1.31. The van der Waals surface area contributed by atoms with E-state index in [1.54, 1.807) is 6.08 Å². The second-order valence-corrected chi connectivity index (χ2v) is 1.31. The van der Waals surface area contributed by atoms with E-state index in [4.69, 9.17) is 0 Å². The molecule has 0 aromatic heterocycles. The smallest absolute Gasteiger partial charge is 0.0197 e. The Labute approximate surface area is 50.5 Å². The van der Waals surface area contributed by atoms with Crippen LogP contribution in [0.25, 0.3) is 0 Å². The highest BCUT2D eigenvalue weighted by molar-refractivity contribution is 4.85. The van der Waals surface area contributed by atoms with Crippen LogP contribution in [-0.4, -0.2) is 0 Å². The van der Waals surface area contributed by atoms with E-state index in [0.29, 0.717) is 0 Å². The van der Waals surface area contributed by atoms with Crippen molar-refractivity contribution in [2.45, 2.75) is 20.3 Å². The molecular weight excluding hydrogens is 96.1 g/mol. The molecule has 0 bridgehead atoms. The molecule has 0 saturated carbocycles. The first-order valence-corrected chi connectivity index (χ1v) is 2.77. The van der Waals surface area contributed by atoms with Gasteiger partial charge in [0.25, 0.3) is 0 Å². The highest BCUT2D eigenvalue weighted by Gasteiger charge is 1.52. The van der Waals surface area contributed by atoms with Crippen molar-refractivity contribution in [3.63, 3.8) is 0 Å². The molecule has 0 amide bonds. The third-order valence-corrected chi connectivity index (χ3v) is 0.595. The quantitative estimate of drug-likeness (QED) is 0.450. The van der Waals surface area contributed by atoms with Gasteiger partial charge < -0.3 is 0 Å². The van der Waals surface area contributed by atoms with Crippen LogP contribution in [-0.2, 0) is 0 Å². The van der Waals surface area contributed by atoms with Gasteiger partial charge in [0, 0.05) is 0 Å². The maximum atomic E-state index is 2.82. The van der Waals surface area contributed by atoms with Crippen molar-refractivity contribution in [3.05, 3.63) is 29.3 Å². The van der Waals surface area contributed by atoms with Crippen molar-refractivity contribution in [2.75, 3.05) is 0 Å². The number of hydrogen-bond acceptors (Lipinski definition) is 0. The van der Waals surface area contributed by atoms with E-state index in [2.05, 4.69) is 24.1 Å². The highest BCUT2D eigenvalue weighted by Crippen LogP contribution is 1.71. The van der Waals surface area contributed by atoms with Crippen molar-refractivity contribution in [3.8, 4) is 0 Å². The zero-order valence-corrected chi connectivity index (χ0v) is 5.36. The molecule has 0 unspecified atom stereocenters. The van der Waals surface area contributed by atoms with Gasteiger partial charge in [-0.15, -0.1) is 0 Å². The average molecular weight is 106 g/mol. The predicted octanol–water partition coefficient (Wildman–Crippen LogP) is 2.44. The number of allylic oxidation sites excluding steroid dienone is 2. The van der Waals surface area contributed by atoms with Gasteiger partial charge in [-0.25, -0.2) is 0 Å². The zero-order chi connectivity index (χ0) is 6.24. The zero-order valence-electron chi connectivity index (χ0n) is 5.36. The molecule has 0 N–H and O–H groups in total. The normalized spacial score (nSPS) is 5.75. The van der Waals surface area contributed by atoms with Crippen LogP contribution in [0.2, 0.25) is 0 Å². The van der Waals surface area contributed by atoms with Crippen LogP contribution in [0.1, 0.15) is 20.3 Å². The van der Waals surface area contributed by atoms with Crippen molar-refractivity contribution in [2.24, 2.45) is 0 Å². The molecule has 0 fully saturated rings. The second kappa shape index (κ2) is 6.08. The summed E-state index contributed by atoms with van der Waals surface area (Å²) < 4.78 is 0. The molecule has 0 rings (SSSR count). The average Bonchev–Trinajstić information content (AvgIpc) is 1.81. The van der Waals surface area contributed by atoms with Gasteiger partial charge in [0.05, 0.1) is 0 Å². The van der Waals surface area contributed by atoms with Gasteiger partial charge in [-0.3, -0.25) is 0 Å². The minimum absolute atomic E-state index is 1.01. The molecule has 0 heterocycles. The van der Waals surface area contributed by atoms with Gasteiger partial charge in [0.15, 0.2) is 0 Å². The summed E-state index contributed by atoms with van der Waals surface area (Å²) >= 11 is 0. The Bertz CT molecular complexity index is 156. The lowest BCUT2D eigenvalue weighted by Crippen LogP contribution is -1.41. The first-order valence-electron chi connectivity index (χ1n) is 2.77. The summed E-state index contributed by atoms with van der Waals surface area (Å²) in [4.78, 5) is 0. The Morgan fingerprint density at radius 2 is 2.12 bits per heavy atom. The van der Waals surface area contributed by atoms with Crippen LogP contribution in [0.15, 0.2) is 29.3 Å². The summed E-state index contributed by atoms with van der Waals surface area (Å²) in [5.41, 5.74) is 8.31. The minimum atomic E-state index is 1.01. The standard InChI is InChI=1S/C8H10/c1-3-5-7-8-6-4-2/h3,6H,4H2,1-2H3. The molecule has 0 aromatic rings. The van der Waals surface area contributed by atoms with Gasteiger partial charge in [-0.05, 0) is 31.2 Å². The summed E-state index contributed by atoms with van der Waals surface area (Å²) in [6.45, 7) is 3.96. The fourth-order valence-corrected chi connectivity index (χ4v) is 0.267. The van der Waals surface area contributed by atoms with Crippen LogP contribution >= 0.6 is 0 Å². The SMILES string of the molecule is CC=C=C=C=CCC. The van der Waals surface area contributed by atoms with Crippen LogP contribution in [0.4, 0.5) is 0 Å². The lowest BCUT2D eigenvalue weighted by molar-refractivity contribution is 1.23. The Hall–Kier alpha value is -0.920. The van der Waals surface area contributed by atoms with E-state index in [-0.39, 0.29) is 0 Å². The number of hydrogen-bond donors (Lipinski definition) is 0. The van der Waals surface area contributed by atoms with Crippen LogP contribution < -0.4 is 0 Å². The van der Waals surface area contributed by atoms with Crippen LogP contribution in [0.3, 0.4) is 0 Å². The highest BCUT2D eigenvalue weighted by atomic mass is 13.6. The largest absolute Gasteiger partial charge is 0.0661 e. The van der Waals surface area contributed by atoms with E-state index in [1.807, 2.05) is 13.0 Å². The van der Waals surface area contributed by atoms with E-state index >= 15 is 0 Å². The molecule has 0 radical (unpaired) electrons. The molecule has 42 valence electrons. The van der Waals surface area contributed by atoms with Gasteiger partial charge in [0.1, 0.15) is 0 Å². The summed E-state index contributed by atoms with van der Waals surface area (Å²) in [5.74, 6) is 0. The molecule has 8 heavy (non-hydrogen) atoms. The molecule has 0 aliphatic carbocycles. The van der Waals surface area contributed by atoms with E-state index in [9.17, 15) is 0 Å². The Balaban J connectivity index is 4.00. The molecule has 0 aliphatic heterocycles. The summed E-state index contributed by atoms with van der Waals surface area (Å²) in [5, 5.41) is 0. The summed E-state index contributed by atoms with van der Waals surface area (Å²) in [6.07, 6.45) is 4.73. The van der Waals surface area contributed by atoms with Gasteiger partial charge in [-0.2, -0.15) is 0 Å². The first-order chi connectivity index (χ1) is 3.91. The maximum Gasteiger partial charge on any atom is -0.0197 e. The Morgan fingerprint density at radius 1 is 1.38 bits per heavy atom. The molecule has 0 saturated heterocycles. The number of rotatable bonds is 1. The molecule has 0 heteroatoms. The fraction of sp³-hybridized carbons (Fsp3) is 0.375. The molecule has 0 aromatic carbocycles. The molecule has 0 nitrogen and oxygen atoms in total. The van der Waals surface area contributed by atoms with Crippen molar-refractivity contribution < 1.29 is 0 Å².